The van der Waals surface area contributed by atoms with Gasteiger partial charge in [-0.05, 0) is 19.5 Å². The predicted octanol–water partition coefficient (Wildman–Crippen LogP) is 0.851. The third-order valence-electron chi connectivity index (χ3n) is 4.34. The molecule has 21 heavy (non-hydrogen) atoms. The summed E-state index contributed by atoms with van der Waals surface area (Å²) in [5.41, 5.74) is 0.678. The molecule has 0 aliphatic carbocycles. The van der Waals surface area contributed by atoms with Crippen LogP contribution in [-0.2, 0) is 11.3 Å². The molecular weight excluding hydrogens is 271 g/mol. The van der Waals surface area contributed by atoms with Crippen molar-refractivity contribution in [2.75, 3.05) is 51.3 Å². The van der Waals surface area contributed by atoms with Crippen LogP contribution in [0, 0.1) is 5.82 Å². The number of morpholine rings is 1. The van der Waals surface area contributed by atoms with E-state index in [0.717, 1.165) is 45.8 Å². The van der Waals surface area contributed by atoms with Crippen molar-refractivity contribution >= 4 is 5.82 Å². The lowest BCUT2D eigenvalue weighted by atomic mass is 10.2. The van der Waals surface area contributed by atoms with Crippen LogP contribution in [0.25, 0.3) is 0 Å². The Morgan fingerprint density at radius 2 is 2.19 bits per heavy atom. The van der Waals surface area contributed by atoms with Gasteiger partial charge in [0.2, 0.25) is 0 Å². The Balaban J connectivity index is 1.69. The Morgan fingerprint density at radius 3 is 2.95 bits per heavy atom. The molecule has 1 N–H and O–H groups in total. The molecule has 2 aliphatic heterocycles. The normalized spacial score (nSPS) is 23.7. The van der Waals surface area contributed by atoms with Gasteiger partial charge in [-0.3, -0.25) is 4.90 Å². The summed E-state index contributed by atoms with van der Waals surface area (Å²) in [6.45, 7) is 5.83. The molecule has 1 unspecified atom stereocenters. The second-order valence-electron chi connectivity index (χ2n) is 5.67. The van der Waals surface area contributed by atoms with E-state index in [4.69, 9.17) is 4.74 Å². The van der Waals surface area contributed by atoms with Gasteiger partial charge in [-0.25, -0.2) is 9.37 Å². The van der Waals surface area contributed by atoms with Gasteiger partial charge in [-0.1, -0.05) is 0 Å². The average molecular weight is 294 g/mol. The van der Waals surface area contributed by atoms with E-state index in [1.165, 1.54) is 0 Å². The number of nitrogens with one attached hydrogen (secondary N) is 1. The number of aromatic nitrogens is 1. The van der Waals surface area contributed by atoms with E-state index in [0.29, 0.717) is 24.0 Å². The third kappa shape index (κ3) is 3.17. The first-order valence-corrected chi connectivity index (χ1v) is 7.64. The van der Waals surface area contributed by atoms with Gasteiger partial charge in [0.1, 0.15) is 0 Å². The van der Waals surface area contributed by atoms with Crippen molar-refractivity contribution < 1.29 is 9.13 Å². The smallest absolute Gasteiger partial charge is 0.170 e. The van der Waals surface area contributed by atoms with Crippen molar-refractivity contribution in [2.24, 2.45) is 0 Å². The Morgan fingerprint density at radius 1 is 1.38 bits per heavy atom. The lowest BCUT2D eigenvalue weighted by Crippen LogP contribution is -2.44. The molecule has 3 heterocycles. The summed E-state index contributed by atoms with van der Waals surface area (Å²) >= 11 is 0. The van der Waals surface area contributed by atoms with E-state index < -0.39 is 0 Å². The highest BCUT2D eigenvalue weighted by Gasteiger charge is 2.30. The number of halogens is 1. The maximum absolute atomic E-state index is 14.5. The minimum Gasteiger partial charge on any atom is -0.379 e. The van der Waals surface area contributed by atoms with Crippen molar-refractivity contribution in [3.63, 3.8) is 0 Å². The summed E-state index contributed by atoms with van der Waals surface area (Å²) in [4.78, 5) is 8.80. The van der Waals surface area contributed by atoms with E-state index in [1.807, 2.05) is 7.05 Å². The molecule has 0 spiro atoms. The van der Waals surface area contributed by atoms with Crippen molar-refractivity contribution in [1.82, 2.24) is 15.2 Å². The first kappa shape index (κ1) is 14.7. The average Bonchev–Trinajstić information content (AvgIpc) is 3.00. The van der Waals surface area contributed by atoms with Crippen LogP contribution in [0.3, 0.4) is 0 Å². The van der Waals surface area contributed by atoms with Crippen LogP contribution in [-0.4, -0.2) is 62.4 Å². The number of anilines is 1. The zero-order valence-corrected chi connectivity index (χ0v) is 12.5. The van der Waals surface area contributed by atoms with Crippen molar-refractivity contribution in [1.29, 1.82) is 0 Å². The number of ether oxygens (including phenoxy) is 1. The fourth-order valence-corrected chi connectivity index (χ4v) is 3.19. The van der Waals surface area contributed by atoms with E-state index in [9.17, 15) is 4.39 Å². The Labute approximate surface area is 125 Å². The molecule has 3 rings (SSSR count). The lowest BCUT2D eigenvalue weighted by molar-refractivity contribution is 0.0209. The number of hydrogen-bond acceptors (Lipinski definition) is 5. The third-order valence-corrected chi connectivity index (χ3v) is 4.34. The first-order valence-electron chi connectivity index (χ1n) is 7.64. The Hall–Kier alpha value is -1.24. The summed E-state index contributed by atoms with van der Waals surface area (Å²) < 4.78 is 19.9. The minimum absolute atomic E-state index is 0.186. The molecule has 1 atom stereocenters. The van der Waals surface area contributed by atoms with Gasteiger partial charge < -0.3 is 15.0 Å². The number of hydrogen-bond donors (Lipinski definition) is 1. The molecule has 0 aromatic carbocycles. The quantitative estimate of drug-likeness (QED) is 0.891. The molecule has 2 aliphatic rings. The van der Waals surface area contributed by atoms with Gasteiger partial charge in [0.05, 0.1) is 13.2 Å². The molecule has 0 bridgehead atoms. The van der Waals surface area contributed by atoms with Crippen molar-refractivity contribution in [3.05, 3.63) is 23.6 Å². The predicted molar refractivity (Wildman–Crippen MR) is 80.0 cm³/mol. The van der Waals surface area contributed by atoms with Crippen LogP contribution in [0.2, 0.25) is 0 Å². The summed E-state index contributed by atoms with van der Waals surface area (Å²) in [6, 6.07) is 2.23. The van der Waals surface area contributed by atoms with E-state index in [2.05, 4.69) is 20.1 Å². The molecule has 2 fully saturated rings. The van der Waals surface area contributed by atoms with Gasteiger partial charge in [0.25, 0.3) is 0 Å². The van der Waals surface area contributed by atoms with Gasteiger partial charge in [0, 0.05) is 50.5 Å². The first-order chi connectivity index (χ1) is 10.3. The number of nitrogens with zero attached hydrogens (tertiary/aromatic N) is 3. The van der Waals surface area contributed by atoms with Crippen molar-refractivity contribution in [3.8, 4) is 0 Å². The summed E-state index contributed by atoms with van der Waals surface area (Å²) in [7, 11) is 1.82. The van der Waals surface area contributed by atoms with Crippen LogP contribution in [0.15, 0.2) is 12.3 Å². The molecule has 6 heteroatoms. The van der Waals surface area contributed by atoms with Gasteiger partial charge in [-0.15, -0.1) is 0 Å². The second kappa shape index (κ2) is 6.68. The van der Waals surface area contributed by atoms with Crippen LogP contribution in [0.1, 0.15) is 12.0 Å². The highest BCUT2D eigenvalue weighted by molar-refractivity contribution is 5.44. The molecule has 5 nitrogen and oxygen atoms in total. The molecule has 116 valence electrons. The molecule has 2 saturated heterocycles. The van der Waals surface area contributed by atoms with E-state index in [-0.39, 0.29) is 5.82 Å². The zero-order valence-electron chi connectivity index (χ0n) is 12.5. The summed E-state index contributed by atoms with van der Waals surface area (Å²) in [5, 5.41) is 2.99. The summed E-state index contributed by atoms with van der Waals surface area (Å²) in [5.74, 6) is 0.313. The molecular formula is C15H23FN4O. The van der Waals surface area contributed by atoms with E-state index in [1.54, 1.807) is 12.3 Å². The van der Waals surface area contributed by atoms with Crippen molar-refractivity contribution in [2.45, 2.75) is 19.0 Å². The maximum atomic E-state index is 14.5. The molecule has 1 aromatic heterocycles. The molecule has 1 aromatic rings. The second-order valence-corrected chi connectivity index (χ2v) is 5.67. The van der Waals surface area contributed by atoms with Crippen LogP contribution in [0.5, 0.6) is 0 Å². The summed E-state index contributed by atoms with van der Waals surface area (Å²) in [6.07, 6.45) is 2.77. The number of rotatable bonds is 4. The van der Waals surface area contributed by atoms with Crippen LogP contribution >= 0.6 is 0 Å². The maximum Gasteiger partial charge on any atom is 0.170 e. The van der Waals surface area contributed by atoms with Crippen LogP contribution < -0.4 is 10.2 Å². The van der Waals surface area contributed by atoms with Gasteiger partial charge in [0.15, 0.2) is 11.6 Å². The highest BCUT2D eigenvalue weighted by Crippen LogP contribution is 2.25. The Kier molecular flexibility index (Phi) is 4.67. The largest absolute Gasteiger partial charge is 0.379 e. The molecule has 0 amide bonds. The molecule has 0 radical (unpaired) electrons. The Bertz CT molecular complexity index is 479. The van der Waals surface area contributed by atoms with Crippen LogP contribution in [0.4, 0.5) is 10.2 Å². The van der Waals surface area contributed by atoms with E-state index >= 15 is 0 Å². The topological polar surface area (TPSA) is 40.6 Å². The minimum atomic E-state index is -0.186. The fourth-order valence-electron chi connectivity index (χ4n) is 3.19. The fraction of sp³-hybridized carbons (Fsp3) is 0.667. The number of pyridine rings is 1. The highest BCUT2D eigenvalue weighted by atomic mass is 19.1. The zero-order chi connectivity index (χ0) is 14.7. The SMILES string of the molecule is CNCc1ccnc(N2CCC(N3CCOCC3)C2)c1F. The van der Waals surface area contributed by atoms with Gasteiger partial charge >= 0.3 is 0 Å². The standard InChI is InChI=1S/C15H23FN4O/c1-17-10-12-2-4-18-15(14(12)16)20-5-3-13(11-20)19-6-8-21-9-7-19/h2,4,13,17H,3,5-11H2,1H3. The lowest BCUT2D eigenvalue weighted by Gasteiger charge is -2.32. The monoisotopic (exact) mass is 294 g/mol. The van der Waals surface area contributed by atoms with Gasteiger partial charge in [-0.2, -0.15) is 0 Å². The molecule has 0 saturated carbocycles.